The summed E-state index contributed by atoms with van der Waals surface area (Å²) in [5.74, 6) is 0.0462. The second-order valence-corrected chi connectivity index (χ2v) is 2.73. The molecule has 0 aliphatic rings. The van der Waals surface area contributed by atoms with Crippen LogP contribution in [-0.2, 0) is 4.79 Å². The molecule has 76 valence electrons. The Kier molecular flexibility index (Phi) is 3.48. The smallest absolute Gasteiger partial charge is 0.247 e. The highest BCUT2D eigenvalue weighted by molar-refractivity contribution is 5.90. The number of hydrogen-bond acceptors (Lipinski definition) is 3. The molecule has 0 saturated carbocycles. The largest absolute Gasteiger partial charge is 0.492 e. The van der Waals surface area contributed by atoms with E-state index in [2.05, 4.69) is 0 Å². The van der Waals surface area contributed by atoms with Crippen LogP contribution >= 0.6 is 0 Å². The van der Waals surface area contributed by atoms with Crippen LogP contribution in [0.1, 0.15) is 13.8 Å². The zero-order chi connectivity index (χ0) is 10.6. The molecule has 0 heterocycles. The first-order valence-electron chi connectivity index (χ1n) is 4.38. The molecular formula is C10H13NO3. The minimum atomic E-state index is -0.447. The summed E-state index contributed by atoms with van der Waals surface area (Å²) in [5, 5.41) is 9.98. The summed E-state index contributed by atoms with van der Waals surface area (Å²) in [7, 11) is 0. The second-order valence-electron chi connectivity index (χ2n) is 2.73. The van der Waals surface area contributed by atoms with Crippen LogP contribution in [0, 0.1) is 0 Å². The minimum Gasteiger partial charge on any atom is -0.492 e. The van der Waals surface area contributed by atoms with Crippen LogP contribution in [0.4, 0.5) is 5.69 Å². The van der Waals surface area contributed by atoms with Crippen molar-refractivity contribution in [3.63, 3.8) is 0 Å². The van der Waals surface area contributed by atoms with Crippen LogP contribution in [-0.4, -0.2) is 17.7 Å². The standard InChI is InChI=1S/C10H13NO3/c1-3-14-10-7-5-4-6-9(10)11(13)8(2)12/h4-7,13H,3H2,1-2H3. The van der Waals surface area contributed by atoms with Crippen LogP contribution in [0.25, 0.3) is 0 Å². The highest BCUT2D eigenvalue weighted by Gasteiger charge is 2.12. The Morgan fingerprint density at radius 2 is 2.14 bits per heavy atom. The Hall–Kier alpha value is -1.55. The number of ether oxygens (including phenoxy) is 1. The van der Waals surface area contributed by atoms with Crippen molar-refractivity contribution in [1.82, 2.24) is 0 Å². The van der Waals surface area contributed by atoms with Crippen LogP contribution in [0.2, 0.25) is 0 Å². The third kappa shape index (κ3) is 2.23. The molecule has 4 nitrogen and oxygen atoms in total. The van der Waals surface area contributed by atoms with Crippen LogP contribution in [0.3, 0.4) is 0 Å². The van der Waals surface area contributed by atoms with Gasteiger partial charge in [0.15, 0.2) is 0 Å². The molecule has 0 unspecified atom stereocenters. The summed E-state index contributed by atoms with van der Waals surface area (Å²) >= 11 is 0. The fourth-order valence-corrected chi connectivity index (χ4v) is 1.08. The lowest BCUT2D eigenvalue weighted by Gasteiger charge is -2.16. The lowest BCUT2D eigenvalue weighted by Crippen LogP contribution is -2.24. The molecule has 0 aliphatic heterocycles. The molecule has 1 aromatic rings. The number of carbonyl (C=O) groups is 1. The van der Waals surface area contributed by atoms with Gasteiger partial charge in [-0.25, -0.2) is 0 Å². The van der Waals surface area contributed by atoms with Gasteiger partial charge in [-0.1, -0.05) is 12.1 Å². The highest BCUT2D eigenvalue weighted by Crippen LogP contribution is 2.26. The molecule has 1 N–H and O–H groups in total. The zero-order valence-electron chi connectivity index (χ0n) is 8.23. The van der Waals surface area contributed by atoms with Gasteiger partial charge in [-0.3, -0.25) is 10.0 Å². The number of rotatable bonds is 3. The molecule has 4 heteroatoms. The Balaban J connectivity index is 3.00. The van der Waals surface area contributed by atoms with Crippen molar-refractivity contribution in [1.29, 1.82) is 0 Å². The van der Waals surface area contributed by atoms with Crippen molar-refractivity contribution in [3.05, 3.63) is 24.3 Å². The number of amides is 1. The molecule has 0 saturated heterocycles. The molecule has 0 fully saturated rings. The number of hydroxylamine groups is 1. The predicted molar refractivity (Wildman–Crippen MR) is 52.6 cm³/mol. The summed E-state index contributed by atoms with van der Waals surface area (Å²) in [5.41, 5.74) is 0.363. The van der Waals surface area contributed by atoms with E-state index in [1.165, 1.54) is 6.92 Å². The van der Waals surface area contributed by atoms with E-state index in [9.17, 15) is 10.0 Å². The van der Waals surface area contributed by atoms with Gasteiger partial charge in [0.1, 0.15) is 11.4 Å². The van der Waals surface area contributed by atoms with Gasteiger partial charge in [0.05, 0.1) is 6.61 Å². The van der Waals surface area contributed by atoms with Crippen molar-refractivity contribution < 1.29 is 14.7 Å². The fourth-order valence-electron chi connectivity index (χ4n) is 1.08. The number of nitrogens with zero attached hydrogens (tertiary/aromatic N) is 1. The summed E-state index contributed by atoms with van der Waals surface area (Å²) in [6, 6.07) is 6.82. The Morgan fingerprint density at radius 1 is 1.50 bits per heavy atom. The van der Waals surface area contributed by atoms with Crippen molar-refractivity contribution in [2.45, 2.75) is 13.8 Å². The first kappa shape index (κ1) is 10.5. The van der Waals surface area contributed by atoms with Gasteiger partial charge in [0.25, 0.3) is 0 Å². The third-order valence-corrected chi connectivity index (χ3v) is 1.69. The van der Waals surface area contributed by atoms with Crippen molar-refractivity contribution in [2.24, 2.45) is 0 Å². The summed E-state index contributed by atoms with van der Waals surface area (Å²) in [4.78, 5) is 10.9. The molecule has 0 radical (unpaired) electrons. The lowest BCUT2D eigenvalue weighted by molar-refractivity contribution is -0.121. The number of para-hydroxylation sites is 2. The normalized spacial score (nSPS) is 9.64. The average Bonchev–Trinajstić information content (AvgIpc) is 2.18. The molecule has 0 bridgehead atoms. The first-order chi connectivity index (χ1) is 6.66. The summed E-state index contributed by atoms with van der Waals surface area (Å²) < 4.78 is 5.25. The van der Waals surface area contributed by atoms with Gasteiger partial charge < -0.3 is 4.74 Å². The van der Waals surface area contributed by atoms with E-state index in [4.69, 9.17) is 4.74 Å². The summed E-state index contributed by atoms with van der Waals surface area (Å²) in [6.45, 7) is 3.61. The molecule has 0 atom stereocenters. The molecule has 14 heavy (non-hydrogen) atoms. The minimum absolute atomic E-state index is 0.363. The van der Waals surface area contributed by atoms with Gasteiger partial charge in [-0.2, -0.15) is 5.06 Å². The maximum atomic E-state index is 10.9. The molecule has 0 aromatic heterocycles. The molecule has 1 amide bonds. The van der Waals surface area contributed by atoms with Gasteiger partial charge in [0.2, 0.25) is 5.91 Å². The third-order valence-electron chi connectivity index (χ3n) is 1.69. The van der Waals surface area contributed by atoms with Crippen molar-refractivity contribution in [3.8, 4) is 5.75 Å². The number of benzene rings is 1. The zero-order valence-corrected chi connectivity index (χ0v) is 8.23. The van der Waals surface area contributed by atoms with Gasteiger partial charge >= 0.3 is 0 Å². The second kappa shape index (κ2) is 4.62. The van der Waals surface area contributed by atoms with Crippen LogP contribution < -0.4 is 9.80 Å². The first-order valence-corrected chi connectivity index (χ1v) is 4.38. The van der Waals surface area contributed by atoms with Gasteiger partial charge in [-0.05, 0) is 19.1 Å². The van der Waals surface area contributed by atoms with E-state index in [1.54, 1.807) is 24.3 Å². The molecule has 1 aromatic carbocycles. The monoisotopic (exact) mass is 195 g/mol. The summed E-state index contributed by atoms with van der Waals surface area (Å²) in [6.07, 6.45) is 0. The predicted octanol–water partition coefficient (Wildman–Crippen LogP) is 1.83. The lowest BCUT2D eigenvalue weighted by atomic mass is 10.3. The number of anilines is 1. The number of carbonyl (C=O) groups excluding carboxylic acids is 1. The van der Waals surface area contributed by atoms with E-state index >= 15 is 0 Å². The average molecular weight is 195 g/mol. The van der Waals surface area contributed by atoms with Gasteiger partial charge in [-0.15, -0.1) is 0 Å². The SMILES string of the molecule is CCOc1ccccc1N(O)C(C)=O. The van der Waals surface area contributed by atoms with Crippen LogP contribution in [0.15, 0.2) is 24.3 Å². The van der Waals surface area contributed by atoms with E-state index in [-0.39, 0.29) is 0 Å². The Labute approximate surface area is 82.7 Å². The molecular weight excluding hydrogens is 182 g/mol. The number of hydrogen-bond donors (Lipinski definition) is 1. The maximum Gasteiger partial charge on any atom is 0.247 e. The Morgan fingerprint density at radius 3 is 2.71 bits per heavy atom. The highest BCUT2D eigenvalue weighted by atomic mass is 16.5. The van der Waals surface area contributed by atoms with Crippen molar-refractivity contribution in [2.75, 3.05) is 11.7 Å². The maximum absolute atomic E-state index is 10.9. The fraction of sp³-hybridized carbons (Fsp3) is 0.300. The van der Waals surface area contributed by atoms with E-state index in [0.717, 1.165) is 0 Å². The quantitative estimate of drug-likeness (QED) is 0.591. The van der Waals surface area contributed by atoms with Gasteiger partial charge in [0, 0.05) is 6.92 Å². The topological polar surface area (TPSA) is 49.8 Å². The van der Waals surface area contributed by atoms with Crippen LogP contribution in [0.5, 0.6) is 5.75 Å². The van der Waals surface area contributed by atoms with Crippen molar-refractivity contribution >= 4 is 11.6 Å². The van der Waals surface area contributed by atoms with E-state index in [0.29, 0.717) is 23.1 Å². The molecule has 0 spiro atoms. The molecule has 0 aliphatic carbocycles. The molecule has 1 rings (SSSR count). The van der Waals surface area contributed by atoms with E-state index < -0.39 is 5.91 Å². The Bertz CT molecular complexity index is 325. The van der Waals surface area contributed by atoms with E-state index in [1.807, 2.05) is 6.92 Å².